The van der Waals surface area contributed by atoms with Crippen LogP contribution in [0.1, 0.15) is 49.4 Å². The molecule has 0 radical (unpaired) electrons. The number of fused-ring (bicyclic) bond motifs is 2. The Bertz CT molecular complexity index is 873. The van der Waals surface area contributed by atoms with Gasteiger partial charge >= 0.3 is 0 Å². The molecular weight excluding hydrogens is 412 g/mol. The molecule has 29 heavy (non-hydrogen) atoms. The van der Waals surface area contributed by atoms with Crippen LogP contribution in [0.25, 0.3) is 0 Å². The summed E-state index contributed by atoms with van der Waals surface area (Å²) in [5, 5.41) is 5.99. The first-order valence-corrected chi connectivity index (χ1v) is 12.6. The van der Waals surface area contributed by atoms with Crippen LogP contribution < -0.4 is 10.6 Å². The van der Waals surface area contributed by atoms with E-state index in [9.17, 15) is 18.0 Å². The molecule has 2 saturated carbocycles. The lowest BCUT2D eigenvalue weighted by Crippen LogP contribution is -2.51. The van der Waals surface area contributed by atoms with Gasteiger partial charge in [0.2, 0.25) is 5.91 Å². The van der Waals surface area contributed by atoms with E-state index in [-0.39, 0.29) is 34.7 Å². The number of carbonyl (C=O) groups is 2. The summed E-state index contributed by atoms with van der Waals surface area (Å²) in [7, 11) is -3.27. The molecule has 2 aliphatic carbocycles. The molecule has 2 bridgehead atoms. The summed E-state index contributed by atoms with van der Waals surface area (Å²) < 4.78 is 23.2. The van der Waals surface area contributed by atoms with Gasteiger partial charge in [-0.05, 0) is 62.5 Å². The van der Waals surface area contributed by atoms with Crippen molar-refractivity contribution in [2.75, 3.05) is 12.0 Å². The van der Waals surface area contributed by atoms with Crippen molar-refractivity contribution in [2.45, 2.75) is 51.1 Å². The maximum atomic E-state index is 12.9. The van der Waals surface area contributed by atoms with Gasteiger partial charge in [0.05, 0.1) is 16.3 Å². The molecule has 8 heteroatoms. The summed E-state index contributed by atoms with van der Waals surface area (Å²) in [6, 6.07) is 5.62. The zero-order valence-electron chi connectivity index (χ0n) is 16.9. The normalized spacial score (nSPS) is 25.4. The third kappa shape index (κ3) is 5.72. The third-order valence-corrected chi connectivity index (χ3v) is 7.63. The lowest BCUT2D eigenvalue weighted by atomic mass is 9.84. The number of carbonyl (C=O) groups excluding carboxylic acids is 2. The molecule has 3 rings (SSSR count). The zero-order chi connectivity index (χ0) is 21.2. The highest BCUT2D eigenvalue weighted by atomic mass is 35.5. The van der Waals surface area contributed by atoms with E-state index in [1.165, 1.54) is 19.3 Å². The van der Waals surface area contributed by atoms with Crippen LogP contribution in [0.3, 0.4) is 0 Å². The number of nitrogens with one attached hydrogen (secondary N) is 2. The summed E-state index contributed by atoms with van der Waals surface area (Å²) in [5.41, 5.74) is 0.257. The molecule has 0 saturated heterocycles. The second-order valence-corrected chi connectivity index (χ2v) is 11.2. The van der Waals surface area contributed by atoms with E-state index >= 15 is 0 Å². The van der Waals surface area contributed by atoms with Crippen LogP contribution in [-0.2, 0) is 14.6 Å². The smallest absolute Gasteiger partial charge is 0.253 e. The molecule has 5 unspecified atom stereocenters. The number of halogens is 1. The fourth-order valence-corrected chi connectivity index (χ4v) is 5.71. The van der Waals surface area contributed by atoms with Crippen LogP contribution in [0.15, 0.2) is 24.3 Å². The van der Waals surface area contributed by atoms with Crippen LogP contribution in [0, 0.1) is 17.8 Å². The van der Waals surface area contributed by atoms with E-state index in [4.69, 9.17) is 11.6 Å². The number of hydrogen-bond donors (Lipinski definition) is 2. The van der Waals surface area contributed by atoms with Gasteiger partial charge in [-0.3, -0.25) is 9.59 Å². The molecule has 1 aromatic carbocycles. The minimum atomic E-state index is -3.27. The Kier molecular flexibility index (Phi) is 6.89. The van der Waals surface area contributed by atoms with Crippen molar-refractivity contribution in [3.8, 4) is 0 Å². The number of hydrogen-bond acceptors (Lipinski definition) is 4. The maximum Gasteiger partial charge on any atom is 0.253 e. The average Bonchev–Trinajstić information content (AvgIpc) is 3.28. The lowest BCUT2D eigenvalue weighted by molar-refractivity contribution is -0.124. The van der Waals surface area contributed by atoms with Crippen molar-refractivity contribution in [1.82, 2.24) is 10.6 Å². The van der Waals surface area contributed by atoms with Gasteiger partial charge in [0.1, 0.15) is 15.9 Å². The first-order valence-electron chi connectivity index (χ1n) is 10.2. The average molecular weight is 441 g/mol. The van der Waals surface area contributed by atoms with Gasteiger partial charge in [-0.25, -0.2) is 8.42 Å². The summed E-state index contributed by atoms with van der Waals surface area (Å²) in [6.07, 6.45) is 6.01. The Morgan fingerprint density at radius 3 is 2.48 bits per heavy atom. The minimum Gasteiger partial charge on any atom is -0.352 e. The molecule has 0 spiro atoms. The van der Waals surface area contributed by atoms with Crippen LogP contribution in [-0.4, -0.2) is 44.3 Å². The Balaban J connectivity index is 1.67. The van der Waals surface area contributed by atoms with Crippen LogP contribution >= 0.6 is 11.6 Å². The van der Waals surface area contributed by atoms with Crippen LogP contribution in [0.4, 0.5) is 0 Å². The summed E-state index contributed by atoms with van der Waals surface area (Å²) >= 11 is 6.08. The van der Waals surface area contributed by atoms with Crippen molar-refractivity contribution < 1.29 is 18.0 Å². The summed E-state index contributed by atoms with van der Waals surface area (Å²) in [4.78, 5) is 25.6. The van der Waals surface area contributed by atoms with Crippen molar-refractivity contribution in [3.05, 3.63) is 34.9 Å². The number of amides is 2. The Labute approximate surface area is 177 Å². The van der Waals surface area contributed by atoms with Crippen LogP contribution in [0.2, 0.25) is 5.02 Å². The molecule has 6 nitrogen and oxygen atoms in total. The third-order valence-electron chi connectivity index (χ3n) is 6.32. The molecule has 0 aromatic heterocycles. The van der Waals surface area contributed by atoms with Gasteiger partial charge in [-0.15, -0.1) is 0 Å². The van der Waals surface area contributed by atoms with Gasteiger partial charge in [-0.1, -0.05) is 30.2 Å². The fourth-order valence-electron chi connectivity index (χ4n) is 4.82. The molecule has 2 aliphatic rings. The molecule has 160 valence electrons. The first-order chi connectivity index (χ1) is 13.6. The van der Waals surface area contributed by atoms with E-state index in [1.54, 1.807) is 24.3 Å². The fraction of sp³-hybridized carbons (Fsp3) is 0.619. The van der Waals surface area contributed by atoms with Gasteiger partial charge < -0.3 is 10.6 Å². The second kappa shape index (κ2) is 9.04. The maximum absolute atomic E-state index is 12.9. The molecule has 1 aromatic rings. The highest BCUT2D eigenvalue weighted by Gasteiger charge is 2.42. The quantitative estimate of drug-likeness (QED) is 0.650. The predicted octanol–water partition coefficient (Wildman–Crippen LogP) is 2.81. The SMILES string of the molecule is CC(NC(=O)C(CCS(C)(=O)=O)NC(=O)c1ccccc1Cl)C1CC2CCC1C2. The van der Waals surface area contributed by atoms with E-state index in [2.05, 4.69) is 10.6 Å². The monoisotopic (exact) mass is 440 g/mol. The van der Waals surface area contributed by atoms with Crippen LogP contribution in [0.5, 0.6) is 0 Å². The van der Waals surface area contributed by atoms with E-state index in [0.717, 1.165) is 18.6 Å². The Morgan fingerprint density at radius 1 is 1.17 bits per heavy atom. The van der Waals surface area contributed by atoms with E-state index in [0.29, 0.717) is 11.8 Å². The number of sulfone groups is 1. The topological polar surface area (TPSA) is 92.3 Å². The minimum absolute atomic E-state index is 0.00394. The molecule has 0 heterocycles. The van der Waals surface area contributed by atoms with Crippen molar-refractivity contribution in [3.63, 3.8) is 0 Å². The number of benzene rings is 1. The van der Waals surface area contributed by atoms with Gasteiger partial charge in [0.25, 0.3) is 5.91 Å². The molecule has 2 fully saturated rings. The largest absolute Gasteiger partial charge is 0.352 e. The van der Waals surface area contributed by atoms with Crippen molar-refractivity contribution >= 4 is 33.3 Å². The Hall–Kier alpha value is -1.60. The van der Waals surface area contributed by atoms with Crippen molar-refractivity contribution in [2.24, 2.45) is 17.8 Å². The lowest BCUT2D eigenvalue weighted by Gasteiger charge is -2.30. The zero-order valence-corrected chi connectivity index (χ0v) is 18.4. The first kappa shape index (κ1) is 22.1. The highest BCUT2D eigenvalue weighted by molar-refractivity contribution is 7.90. The van der Waals surface area contributed by atoms with Gasteiger partial charge in [-0.2, -0.15) is 0 Å². The molecule has 0 aliphatic heterocycles. The predicted molar refractivity (Wildman–Crippen MR) is 114 cm³/mol. The van der Waals surface area contributed by atoms with E-state index in [1.807, 2.05) is 6.92 Å². The highest BCUT2D eigenvalue weighted by Crippen LogP contribution is 2.49. The van der Waals surface area contributed by atoms with E-state index < -0.39 is 21.8 Å². The molecule has 2 N–H and O–H groups in total. The molecule has 5 atom stereocenters. The Morgan fingerprint density at radius 2 is 1.90 bits per heavy atom. The van der Waals surface area contributed by atoms with Gasteiger partial charge in [0.15, 0.2) is 0 Å². The van der Waals surface area contributed by atoms with Gasteiger partial charge in [0, 0.05) is 12.3 Å². The standard InChI is InChI=1S/C21H29ClN2O4S/c1-13(17-12-14-7-8-15(17)11-14)23-21(26)19(9-10-29(2,27)28)24-20(25)16-5-3-4-6-18(16)22/h3-6,13-15,17,19H,7-12H2,1-2H3,(H,23,26)(H,24,25). The summed E-state index contributed by atoms with van der Waals surface area (Å²) in [6.45, 7) is 2.01. The second-order valence-electron chi connectivity index (χ2n) is 8.56. The molecule has 2 amide bonds. The summed E-state index contributed by atoms with van der Waals surface area (Å²) in [5.74, 6) is 0.859. The number of rotatable bonds is 8. The molecular formula is C21H29ClN2O4S. The van der Waals surface area contributed by atoms with Crippen molar-refractivity contribution in [1.29, 1.82) is 0 Å².